The number of anilines is 1. The van der Waals surface area contributed by atoms with Gasteiger partial charge in [-0.2, -0.15) is 0 Å². The van der Waals surface area contributed by atoms with Gasteiger partial charge in [-0.25, -0.2) is 4.99 Å². The molecule has 0 aromatic heterocycles. The van der Waals surface area contributed by atoms with Crippen molar-refractivity contribution in [1.82, 2.24) is 0 Å². The number of aliphatic imine (C=N–C) groups is 1. The quantitative estimate of drug-likeness (QED) is 0.664. The molecule has 4 nitrogen and oxygen atoms in total. The molecule has 0 radical (unpaired) electrons. The van der Waals surface area contributed by atoms with Crippen molar-refractivity contribution in [2.45, 2.75) is 51.7 Å². The third-order valence-corrected chi connectivity index (χ3v) is 5.08. The SMILES string of the molecule is COC1CC(N=C(N)Nc2ccc3c(c2)CCC3)C1(C)C. The van der Waals surface area contributed by atoms with E-state index in [1.165, 1.54) is 30.4 Å². The summed E-state index contributed by atoms with van der Waals surface area (Å²) >= 11 is 0. The molecule has 0 amide bonds. The molecule has 2 unspecified atom stereocenters. The van der Waals surface area contributed by atoms with Crippen molar-refractivity contribution in [1.29, 1.82) is 0 Å². The summed E-state index contributed by atoms with van der Waals surface area (Å²) < 4.78 is 5.45. The van der Waals surface area contributed by atoms with Crippen LogP contribution in [0.1, 0.15) is 37.8 Å². The molecule has 2 aliphatic carbocycles. The molecule has 1 fully saturated rings. The first kappa shape index (κ1) is 14.4. The van der Waals surface area contributed by atoms with Gasteiger partial charge in [0.1, 0.15) is 0 Å². The molecular weight excluding hydrogens is 262 g/mol. The third kappa shape index (κ3) is 2.64. The van der Waals surface area contributed by atoms with E-state index in [4.69, 9.17) is 10.5 Å². The summed E-state index contributed by atoms with van der Waals surface area (Å²) in [7, 11) is 1.76. The first-order valence-corrected chi connectivity index (χ1v) is 7.75. The number of ether oxygens (including phenoxy) is 1. The predicted octanol–water partition coefficient (Wildman–Crippen LogP) is 2.72. The van der Waals surface area contributed by atoms with Crippen molar-refractivity contribution in [2.24, 2.45) is 16.1 Å². The summed E-state index contributed by atoms with van der Waals surface area (Å²) in [5, 5.41) is 3.23. The Morgan fingerprint density at radius 1 is 1.33 bits per heavy atom. The van der Waals surface area contributed by atoms with Crippen molar-refractivity contribution < 1.29 is 4.74 Å². The summed E-state index contributed by atoms with van der Waals surface area (Å²) in [4.78, 5) is 4.63. The second kappa shape index (κ2) is 5.34. The van der Waals surface area contributed by atoms with E-state index in [2.05, 4.69) is 42.4 Å². The Morgan fingerprint density at radius 2 is 2.10 bits per heavy atom. The summed E-state index contributed by atoms with van der Waals surface area (Å²) in [5.41, 5.74) is 10.1. The van der Waals surface area contributed by atoms with Gasteiger partial charge in [-0.15, -0.1) is 0 Å². The topological polar surface area (TPSA) is 59.6 Å². The van der Waals surface area contributed by atoms with Crippen LogP contribution >= 0.6 is 0 Å². The van der Waals surface area contributed by atoms with Gasteiger partial charge < -0.3 is 15.8 Å². The van der Waals surface area contributed by atoms with Gasteiger partial charge in [0.25, 0.3) is 0 Å². The monoisotopic (exact) mass is 287 g/mol. The van der Waals surface area contributed by atoms with E-state index in [0.717, 1.165) is 12.1 Å². The Kier molecular flexibility index (Phi) is 3.66. The second-order valence-electron chi connectivity index (χ2n) is 6.77. The third-order valence-electron chi connectivity index (χ3n) is 5.08. The zero-order valence-electron chi connectivity index (χ0n) is 13.1. The highest BCUT2D eigenvalue weighted by Gasteiger charge is 2.48. The summed E-state index contributed by atoms with van der Waals surface area (Å²) in [6.07, 6.45) is 4.85. The molecule has 3 rings (SSSR count). The van der Waals surface area contributed by atoms with E-state index in [1.54, 1.807) is 7.11 Å². The number of benzene rings is 1. The molecule has 4 heteroatoms. The van der Waals surface area contributed by atoms with Crippen molar-refractivity contribution in [3.05, 3.63) is 29.3 Å². The van der Waals surface area contributed by atoms with Gasteiger partial charge in [-0.3, -0.25) is 0 Å². The number of methoxy groups -OCH3 is 1. The van der Waals surface area contributed by atoms with Crippen LogP contribution in [0, 0.1) is 5.41 Å². The number of fused-ring (bicyclic) bond motifs is 1. The number of nitrogens with zero attached hydrogens (tertiary/aromatic N) is 1. The summed E-state index contributed by atoms with van der Waals surface area (Å²) in [5.74, 6) is 0.501. The molecule has 0 saturated heterocycles. The van der Waals surface area contributed by atoms with Crippen LogP contribution in [0.4, 0.5) is 5.69 Å². The zero-order chi connectivity index (χ0) is 15.0. The zero-order valence-corrected chi connectivity index (χ0v) is 13.1. The van der Waals surface area contributed by atoms with Crippen LogP contribution < -0.4 is 11.1 Å². The lowest BCUT2D eigenvalue weighted by atomic mass is 9.65. The molecule has 2 atom stereocenters. The molecule has 2 aliphatic rings. The lowest BCUT2D eigenvalue weighted by Gasteiger charge is -2.48. The Labute approximate surface area is 126 Å². The molecule has 1 saturated carbocycles. The fraction of sp³-hybridized carbons (Fsp3) is 0.588. The van der Waals surface area contributed by atoms with Crippen LogP contribution in [0.25, 0.3) is 0 Å². The fourth-order valence-electron chi connectivity index (χ4n) is 3.48. The van der Waals surface area contributed by atoms with Crippen LogP contribution in [0.15, 0.2) is 23.2 Å². The first-order valence-electron chi connectivity index (χ1n) is 7.75. The lowest BCUT2D eigenvalue weighted by molar-refractivity contribution is -0.0850. The van der Waals surface area contributed by atoms with E-state index in [-0.39, 0.29) is 17.6 Å². The largest absolute Gasteiger partial charge is 0.381 e. The smallest absolute Gasteiger partial charge is 0.193 e. The highest BCUT2D eigenvalue weighted by atomic mass is 16.5. The number of guanidine groups is 1. The van der Waals surface area contributed by atoms with Crippen LogP contribution in [-0.2, 0) is 17.6 Å². The minimum atomic E-state index is 0.0545. The molecule has 1 aromatic carbocycles. The molecule has 3 N–H and O–H groups in total. The number of rotatable bonds is 3. The van der Waals surface area contributed by atoms with Crippen molar-refractivity contribution in [3.63, 3.8) is 0 Å². The minimum absolute atomic E-state index is 0.0545. The van der Waals surface area contributed by atoms with Gasteiger partial charge in [0.2, 0.25) is 0 Å². The van der Waals surface area contributed by atoms with Gasteiger partial charge in [0.05, 0.1) is 12.1 Å². The fourth-order valence-corrected chi connectivity index (χ4v) is 3.48. The minimum Gasteiger partial charge on any atom is -0.381 e. The summed E-state index contributed by atoms with van der Waals surface area (Å²) in [6.45, 7) is 4.36. The van der Waals surface area contributed by atoms with Gasteiger partial charge in [0, 0.05) is 18.2 Å². The van der Waals surface area contributed by atoms with Gasteiger partial charge in [0.15, 0.2) is 5.96 Å². The Morgan fingerprint density at radius 3 is 2.81 bits per heavy atom. The van der Waals surface area contributed by atoms with Crippen LogP contribution in [0.3, 0.4) is 0 Å². The number of aryl methyl sites for hydroxylation is 2. The lowest BCUT2D eigenvalue weighted by Crippen LogP contribution is -2.54. The Balaban J connectivity index is 1.67. The van der Waals surface area contributed by atoms with Gasteiger partial charge in [-0.05, 0) is 48.9 Å². The number of hydrogen-bond donors (Lipinski definition) is 2. The van der Waals surface area contributed by atoms with E-state index >= 15 is 0 Å². The second-order valence-corrected chi connectivity index (χ2v) is 6.77. The van der Waals surface area contributed by atoms with Crippen LogP contribution in [0.2, 0.25) is 0 Å². The molecule has 0 spiro atoms. The highest BCUT2D eigenvalue weighted by molar-refractivity contribution is 5.92. The van der Waals surface area contributed by atoms with E-state index < -0.39 is 0 Å². The number of hydrogen-bond acceptors (Lipinski definition) is 2. The Hall–Kier alpha value is -1.55. The van der Waals surface area contributed by atoms with Crippen LogP contribution in [-0.4, -0.2) is 25.2 Å². The molecule has 0 heterocycles. The van der Waals surface area contributed by atoms with Crippen molar-refractivity contribution in [2.75, 3.05) is 12.4 Å². The van der Waals surface area contributed by atoms with E-state index in [1.807, 2.05) is 0 Å². The molecule has 114 valence electrons. The van der Waals surface area contributed by atoms with Crippen molar-refractivity contribution in [3.8, 4) is 0 Å². The maximum atomic E-state index is 6.07. The van der Waals surface area contributed by atoms with E-state index in [0.29, 0.717) is 5.96 Å². The maximum Gasteiger partial charge on any atom is 0.193 e. The van der Waals surface area contributed by atoms with Crippen LogP contribution in [0.5, 0.6) is 0 Å². The van der Waals surface area contributed by atoms with E-state index in [9.17, 15) is 0 Å². The summed E-state index contributed by atoms with van der Waals surface area (Å²) in [6, 6.07) is 6.72. The predicted molar refractivity (Wildman–Crippen MR) is 86.7 cm³/mol. The molecular formula is C17H25N3O. The molecule has 0 bridgehead atoms. The first-order chi connectivity index (χ1) is 10.0. The standard InChI is InChI=1S/C17H25N3O/c1-17(2)14(10-15(17)21-3)20-16(18)19-13-8-7-11-5-4-6-12(11)9-13/h7-9,14-15H,4-6,10H2,1-3H3,(H3,18,19,20). The average Bonchev–Trinajstić information content (AvgIpc) is 2.90. The molecule has 1 aromatic rings. The number of nitrogens with two attached hydrogens (primary N) is 1. The number of nitrogens with one attached hydrogen (secondary N) is 1. The van der Waals surface area contributed by atoms with Gasteiger partial charge >= 0.3 is 0 Å². The average molecular weight is 287 g/mol. The Bertz CT molecular complexity index is 565. The highest BCUT2D eigenvalue weighted by Crippen LogP contribution is 2.44. The van der Waals surface area contributed by atoms with Crippen molar-refractivity contribution >= 4 is 11.6 Å². The molecule has 0 aliphatic heterocycles. The van der Waals surface area contributed by atoms with Gasteiger partial charge in [-0.1, -0.05) is 19.9 Å². The normalized spacial score (nSPS) is 27.1. The molecule has 21 heavy (non-hydrogen) atoms. The maximum absolute atomic E-state index is 6.07.